The van der Waals surface area contributed by atoms with Gasteiger partial charge >= 0.3 is 6.03 Å². The van der Waals surface area contributed by atoms with Gasteiger partial charge in [0, 0.05) is 24.8 Å². The maximum Gasteiger partial charge on any atom is 0.323 e. The standard InChI is InChI=1S/C20H25N3O5S/c1-27-16-8-6-7-15(13-16)21-20(24)22-18-14-17(9-10-19(18)28-2)29(25,26)23-11-4-3-5-12-23/h6-10,13-14H,3-5,11-12H2,1-2H3,(H2,21,22,24). The normalized spacial score (nSPS) is 14.8. The molecule has 2 amide bonds. The number of urea groups is 1. The molecule has 29 heavy (non-hydrogen) atoms. The molecule has 2 aromatic rings. The Balaban J connectivity index is 1.80. The topological polar surface area (TPSA) is 97.0 Å². The van der Waals surface area contributed by atoms with Crippen molar-refractivity contribution in [2.75, 3.05) is 37.9 Å². The number of hydrogen-bond donors (Lipinski definition) is 2. The first-order valence-corrected chi connectivity index (χ1v) is 10.8. The Morgan fingerprint density at radius 3 is 2.41 bits per heavy atom. The van der Waals surface area contributed by atoms with E-state index in [4.69, 9.17) is 9.47 Å². The predicted molar refractivity (Wildman–Crippen MR) is 111 cm³/mol. The first-order valence-electron chi connectivity index (χ1n) is 9.34. The van der Waals surface area contributed by atoms with Crippen LogP contribution >= 0.6 is 0 Å². The summed E-state index contributed by atoms with van der Waals surface area (Å²) in [6.07, 6.45) is 2.73. The molecule has 1 aliphatic rings. The molecular weight excluding hydrogens is 394 g/mol. The largest absolute Gasteiger partial charge is 0.497 e. The van der Waals surface area contributed by atoms with Gasteiger partial charge in [-0.2, -0.15) is 4.31 Å². The molecule has 2 N–H and O–H groups in total. The second-order valence-electron chi connectivity index (χ2n) is 6.64. The zero-order chi connectivity index (χ0) is 20.9. The smallest absolute Gasteiger partial charge is 0.323 e. The van der Waals surface area contributed by atoms with Crippen molar-refractivity contribution >= 4 is 27.4 Å². The van der Waals surface area contributed by atoms with Crippen LogP contribution in [-0.4, -0.2) is 46.1 Å². The number of ether oxygens (including phenoxy) is 2. The Labute approximate surface area is 170 Å². The van der Waals surface area contributed by atoms with E-state index >= 15 is 0 Å². The molecule has 0 radical (unpaired) electrons. The lowest BCUT2D eigenvalue weighted by Gasteiger charge is -2.26. The number of hydrogen-bond acceptors (Lipinski definition) is 5. The minimum Gasteiger partial charge on any atom is -0.497 e. The van der Waals surface area contributed by atoms with Crippen LogP contribution in [0, 0.1) is 0 Å². The number of rotatable bonds is 6. The lowest BCUT2D eigenvalue weighted by Crippen LogP contribution is -2.35. The Bertz CT molecular complexity index is 972. The first kappa shape index (κ1) is 20.9. The summed E-state index contributed by atoms with van der Waals surface area (Å²) in [6.45, 7) is 1.01. The van der Waals surface area contributed by atoms with Crippen LogP contribution in [0.5, 0.6) is 11.5 Å². The van der Waals surface area contributed by atoms with E-state index in [1.54, 1.807) is 31.4 Å². The molecule has 8 nitrogen and oxygen atoms in total. The van der Waals surface area contributed by atoms with Crippen molar-refractivity contribution in [3.8, 4) is 11.5 Å². The lowest BCUT2D eigenvalue weighted by atomic mass is 10.2. The molecule has 1 saturated heterocycles. The van der Waals surface area contributed by atoms with E-state index in [2.05, 4.69) is 10.6 Å². The highest BCUT2D eigenvalue weighted by molar-refractivity contribution is 7.89. The van der Waals surface area contributed by atoms with Crippen LogP contribution in [0.15, 0.2) is 47.4 Å². The van der Waals surface area contributed by atoms with Crippen LogP contribution in [0.1, 0.15) is 19.3 Å². The molecule has 0 atom stereocenters. The highest BCUT2D eigenvalue weighted by Gasteiger charge is 2.27. The fourth-order valence-corrected chi connectivity index (χ4v) is 4.73. The predicted octanol–water partition coefficient (Wildman–Crippen LogP) is 3.52. The van der Waals surface area contributed by atoms with Gasteiger partial charge in [-0.25, -0.2) is 13.2 Å². The van der Waals surface area contributed by atoms with Crippen molar-refractivity contribution in [3.05, 3.63) is 42.5 Å². The monoisotopic (exact) mass is 419 g/mol. The number of piperidine rings is 1. The van der Waals surface area contributed by atoms with Gasteiger partial charge in [-0.3, -0.25) is 0 Å². The van der Waals surface area contributed by atoms with Gasteiger partial charge in [0.15, 0.2) is 0 Å². The molecule has 1 fully saturated rings. The van der Waals surface area contributed by atoms with E-state index in [1.807, 2.05) is 0 Å². The van der Waals surface area contributed by atoms with Gasteiger partial charge in [-0.15, -0.1) is 0 Å². The highest BCUT2D eigenvalue weighted by Crippen LogP contribution is 2.30. The van der Waals surface area contributed by atoms with E-state index in [1.165, 1.54) is 29.6 Å². The van der Waals surface area contributed by atoms with Crippen molar-refractivity contribution < 1.29 is 22.7 Å². The zero-order valence-electron chi connectivity index (χ0n) is 16.5. The maximum absolute atomic E-state index is 12.9. The molecule has 0 aromatic heterocycles. The highest BCUT2D eigenvalue weighted by atomic mass is 32.2. The summed E-state index contributed by atoms with van der Waals surface area (Å²) in [4.78, 5) is 12.6. The number of nitrogens with zero attached hydrogens (tertiary/aromatic N) is 1. The number of carbonyl (C=O) groups excluding carboxylic acids is 1. The van der Waals surface area contributed by atoms with Crippen molar-refractivity contribution in [1.29, 1.82) is 0 Å². The minimum atomic E-state index is -3.62. The molecule has 0 bridgehead atoms. The van der Waals surface area contributed by atoms with Crippen LogP contribution in [0.4, 0.5) is 16.2 Å². The summed E-state index contributed by atoms with van der Waals surface area (Å²) < 4.78 is 37.8. The SMILES string of the molecule is COc1cccc(NC(=O)Nc2cc(S(=O)(=O)N3CCCCC3)ccc2OC)c1. The molecule has 0 aliphatic carbocycles. The van der Waals surface area contributed by atoms with Crippen molar-refractivity contribution in [1.82, 2.24) is 4.31 Å². The number of methoxy groups -OCH3 is 2. The maximum atomic E-state index is 12.9. The molecule has 3 rings (SSSR count). The van der Waals surface area contributed by atoms with E-state index in [-0.39, 0.29) is 10.6 Å². The van der Waals surface area contributed by atoms with E-state index in [0.717, 1.165) is 19.3 Å². The van der Waals surface area contributed by atoms with Crippen molar-refractivity contribution in [3.63, 3.8) is 0 Å². The summed E-state index contributed by atoms with van der Waals surface area (Å²) in [7, 11) is -0.626. The van der Waals surface area contributed by atoms with Gasteiger partial charge in [0.25, 0.3) is 0 Å². The second-order valence-corrected chi connectivity index (χ2v) is 8.58. The number of anilines is 2. The third-order valence-corrected chi connectivity index (χ3v) is 6.59. The Kier molecular flexibility index (Phi) is 6.60. The quantitative estimate of drug-likeness (QED) is 0.747. The Hall–Kier alpha value is -2.78. The van der Waals surface area contributed by atoms with Crippen LogP contribution < -0.4 is 20.1 Å². The van der Waals surface area contributed by atoms with Crippen LogP contribution in [-0.2, 0) is 10.0 Å². The van der Waals surface area contributed by atoms with E-state index < -0.39 is 16.1 Å². The third-order valence-electron chi connectivity index (χ3n) is 4.70. The zero-order valence-corrected chi connectivity index (χ0v) is 17.3. The summed E-state index contributed by atoms with van der Waals surface area (Å²) in [5.74, 6) is 0.971. The summed E-state index contributed by atoms with van der Waals surface area (Å²) >= 11 is 0. The molecule has 1 heterocycles. The van der Waals surface area contributed by atoms with Gasteiger partial charge in [0.1, 0.15) is 11.5 Å². The van der Waals surface area contributed by atoms with Gasteiger partial charge < -0.3 is 20.1 Å². The van der Waals surface area contributed by atoms with Gasteiger partial charge in [-0.05, 0) is 43.2 Å². The van der Waals surface area contributed by atoms with Crippen LogP contribution in [0.2, 0.25) is 0 Å². The number of sulfonamides is 1. The number of benzene rings is 2. The number of carbonyl (C=O) groups is 1. The van der Waals surface area contributed by atoms with Crippen LogP contribution in [0.25, 0.3) is 0 Å². The fourth-order valence-electron chi connectivity index (χ4n) is 3.19. The first-order chi connectivity index (χ1) is 13.9. The second kappa shape index (κ2) is 9.15. The Morgan fingerprint density at radius 2 is 1.72 bits per heavy atom. The van der Waals surface area contributed by atoms with Gasteiger partial charge in [0.05, 0.1) is 24.8 Å². The average molecular weight is 420 g/mol. The molecule has 1 aliphatic heterocycles. The molecule has 0 saturated carbocycles. The minimum absolute atomic E-state index is 0.122. The Morgan fingerprint density at radius 1 is 0.966 bits per heavy atom. The summed E-state index contributed by atoms with van der Waals surface area (Å²) in [6, 6.07) is 10.8. The van der Waals surface area contributed by atoms with Gasteiger partial charge in [0.2, 0.25) is 10.0 Å². The van der Waals surface area contributed by atoms with Crippen molar-refractivity contribution in [2.45, 2.75) is 24.2 Å². The molecule has 156 valence electrons. The molecule has 0 unspecified atom stereocenters. The van der Waals surface area contributed by atoms with Gasteiger partial charge in [-0.1, -0.05) is 12.5 Å². The van der Waals surface area contributed by atoms with E-state index in [9.17, 15) is 13.2 Å². The third kappa shape index (κ3) is 4.99. The molecule has 2 aromatic carbocycles. The summed E-state index contributed by atoms with van der Waals surface area (Å²) in [5.41, 5.74) is 0.809. The molecule has 9 heteroatoms. The number of nitrogens with one attached hydrogen (secondary N) is 2. The van der Waals surface area contributed by atoms with Crippen LogP contribution in [0.3, 0.4) is 0 Å². The van der Waals surface area contributed by atoms with Crippen molar-refractivity contribution in [2.24, 2.45) is 0 Å². The lowest BCUT2D eigenvalue weighted by molar-refractivity contribution is 0.262. The van der Waals surface area contributed by atoms with E-state index in [0.29, 0.717) is 30.3 Å². The summed E-state index contributed by atoms with van der Waals surface area (Å²) in [5, 5.41) is 5.36. The fraction of sp³-hybridized carbons (Fsp3) is 0.350. The average Bonchev–Trinajstić information content (AvgIpc) is 2.74. The molecule has 0 spiro atoms. The number of amides is 2. The molecular formula is C20H25N3O5S.